The summed E-state index contributed by atoms with van der Waals surface area (Å²) in [5.41, 5.74) is 0. The van der Waals surface area contributed by atoms with Crippen molar-refractivity contribution in [1.82, 2.24) is 0 Å². The van der Waals surface area contributed by atoms with E-state index in [1.54, 1.807) is 0 Å². The van der Waals surface area contributed by atoms with Crippen molar-refractivity contribution in [2.24, 2.45) is 0 Å². The van der Waals surface area contributed by atoms with Crippen LogP contribution in [0.25, 0.3) is 0 Å². The van der Waals surface area contributed by atoms with Crippen LogP contribution in [0.2, 0.25) is 0 Å². The van der Waals surface area contributed by atoms with E-state index in [0.717, 1.165) is 0 Å². The Morgan fingerprint density at radius 2 is 0.231 bits per heavy atom. The van der Waals surface area contributed by atoms with Crippen LogP contribution < -0.4 is 74.4 Å². The van der Waals surface area contributed by atoms with Crippen molar-refractivity contribution in [3.05, 3.63) is 0 Å². The summed E-state index contributed by atoms with van der Waals surface area (Å²) < 4.78 is 0. The molecule has 0 rings (SSSR count). The minimum atomic E-state index is 0. The van der Waals surface area contributed by atoms with Gasteiger partial charge in [0.1, 0.15) is 0 Å². The second-order valence-corrected chi connectivity index (χ2v) is 0. The monoisotopic (exact) mass is 416 g/mol. The summed E-state index contributed by atoms with van der Waals surface area (Å²) in [6, 6.07) is 0. The first-order valence-electron chi connectivity index (χ1n) is 0. The standard InChI is InChI=1S/6ClH.Mo.6H2O/h6*1H;;6*1H2/p-6. The van der Waals surface area contributed by atoms with Gasteiger partial charge in [-0.25, -0.2) is 0 Å². The summed E-state index contributed by atoms with van der Waals surface area (Å²) >= 11 is 0. The molecule has 0 fully saturated rings. The van der Waals surface area contributed by atoms with Gasteiger partial charge in [0.2, 0.25) is 0 Å². The van der Waals surface area contributed by atoms with Crippen LogP contribution in [0.1, 0.15) is 0 Å². The van der Waals surface area contributed by atoms with E-state index in [-0.39, 0.29) is 128 Å². The molecule has 0 atom stereocenters. The van der Waals surface area contributed by atoms with E-state index in [9.17, 15) is 0 Å². The molecule has 0 saturated carbocycles. The van der Waals surface area contributed by atoms with E-state index in [1.165, 1.54) is 0 Å². The third kappa shape index (κ3) is 440. The van der Waals surface area contributed by atoms with Crippen molar-refractivity contribution < 1.29 is 128 Å². The molecule has 0 aliphatic rings. The predicted molar refractivity (Wildman–Crippen MR) is 21.7 cm³/mol. The second kappa shape index (κ2) is 515. The minimum Gasteiger partial charge on any atom is -1.00 e. The fourth-order valence-electron chi connectivity index (χ4n) is 0. The molecule has 0 aliphatic carbocycles. The van der Waals surface area contributed by atoms with E-state index in [0.29, 0.717) is 0 Å². The van der Waals surface area contributed by atoms with E-state index >= 15 is 0 Å². The van der Waals surface area contributed by atoms with Crippen LogP contribution in [0.5, 0.6) is 0 Å². The predicted octanol–water partition coefficient (Wildman–Crippen LogP) is -22.9. The first kappa shape index (κ1) is 638. The average Bonchev–Trinajstić information content (AvgIpc) is 0. The molecule has 0 spiro atoms. The molecule has 13 heteroatoms. The van der Waals surface area contributed by atoms with Crippen LogP contribution in [0.15, 0.2) is 0 Å². The third-order valence-corrected chi connectivity index (χ3v) is 0. The average molecular weight is 417 g/mol. The Morgan fingerprint density at radius 3 is 0.231 bits per heavy atom. The topological polar surface area (TPSA) is 189 Å². The van der Waals surface area contributed by atoms with Crippen LogP contribution in [-0.4, -0.2) is 32.9 Å². The Bertz CT molecular complexity index is 17.1. The molecule has 0 aromatic heterocycles. The van der Waals surface area contributed by atoms with Gasteiger partial charge < -0.3 is 107 Å². The minimum absolute atomic E-state index is 0. The molecule has 0 amide bonds. The molecular weight excluding hydrogens is 405 g/mol. The van der Waals surface area contributed by atoms with Crippen molar-refractivity contribution in [3.8, 4) is 0 Å². The maximum Gasteiger partial charge on any atom is 0 e. The van der Waals surface area contributed by atoms with Gasteiger partial charge in [-0.15, -0.1) is 0 Å². The van der Waals surface area contributed by atoms with Gasteiger partial charge in [0.15, 0.2) is 0 Å². The molecule has 0 radical (unpaired) electrons. The number of halogens is 6. The summed E-state index contributed by atoms with van der Waals surface area (Å²) in [4.78, 5) is 0. The SMILES string of the molecule is O.O.O.O.O.O.[Cl-].[Cl-].[Cl-].[Cl-].[Cl-].[Cl-].[Mo]. The summed E-state index contributed by atoms with van der Waals surface area (Å²) in [7, 11) is 0. The van der Waals surface area contributed by atoms with Crippen molar-refractivity contribution in [2.45, 2.75) is 0 Å². The van der Waals surface area contributed by atoms with Gasteiger partial charge in [0, 0.05) is 21.1 Å². The maximum atomic E-state index is 0. The Labute approximate surface area is 128 Å². The fourth-order valence-corrected chi connectivity index (χ4v) is 0. The zero-order valence-electron chi connectivity index (χ0n) is 5.68. The quantitative estimate of drug-likeness (QED) is 0.339. The molecule has 102 valence electrons. The van der Waals surface area contributed by atoms with Gasteiger partial charge in [-0.05, 0) is 0 Å². The number of hydrogen-bond donors (Lipinski definition) is 0. The molecule has 0 bridgehead atoms. The van der Waals surface area contributed by atoms with E-state index in [1.807, 2.05) is 0 Å². The largest absolute Gasteiger partial charge is 1.00 e. The van der Waals surface area contributed by atoms with Gasteiger partial charge in [0.05, 0.1) is 0 Å². The molecule has 0 saturated heterocycles. The second-order valence-electron chi connectivity index (χ2n) is 0. The zero-order valence-corrected chi connectivity index (χ0v) is 12.2. The molecule has 0 aromatic carbocycles. The normalized spacial score (nSPS) is 0. The molecule has 6 nitrogen and oxygen atoms in total. The molecule has 0 aromatic rings. The Morgan fingerprint density at radius 1 is 0.231 bits per heavy atom. The Balaban J connectivity index is 0. The van der Waals surface area contributed by atoms with Crippen LogP contribution >= 0.6 is 0 Å². The Hall–Kier alpha value is 2.19. The summed E-state index contributed by atoms with van der Waals surface area (Å²) in [5, 5.41) is 0. The van der Waals surface area contributed by atoms with Gasteiger partial charge in [-0.2, -0.15) is 0 Å². The summed E-state index contributed by atoms with van der Waals surface area (Å²) in [5.74, 6) is 0. The third-order valence-electron chi connectivity index (χ3n) is 0. The maximum absolute atomic E-state index is 0. The van der Waals surface area contributed by atoms with Crippen LogP contribution in [-0.2, 0) is 21.1 Å². The molecule has 0 aliphatic heterocycles. The van der Waals surface area contributed by atoms with Gasteiger partial charge >= 0.3 is 0 Å². The van der Waals surface area contributed by atoms with Crippen molar-refractivity contribution in [1.29, 1.82) is 0 Å². The fraction of sp³-hybridized carbons (Fsp3) is 0. The molecule has 13 heavy (non-hydrogen) atoms. The van der Waals surface area contributed by atoms with E-state index in [2.05, 4.69) is 0 Å². The Kier molecular flexibility index (Phi) is 25300. The number of hydrogen-bond acceptors (Lipinski definition) is 0. The zero-order chi connectivity index (χ0) is 0. The van der Waals surface area contributed by atoms with E-state index in [4.69, 9.17) is 0 Å². The van der Waals surface area contributed by atoms with Crippen LogP contribution in [0.4, 0.5) is 0 Å². The summed E-state index contributed by atoms with van der Waals surface area (Å²) in [6.07, 6.45) is 0. The molecule has 0 heterocycles. The van der Waals surface area contributed by atoms with Crippen LogP contribution in [0.3, 0.4) is 0 Å². The summed E-state index contributed by atoms with van der Waals surface area (Å²) in [6.45, 7) is 0. The smallest absolute Gasteiger partial charge is 0 e. The molecule has 0 unspecified atom stereocenters. The first-order valence-corrected chi connectivity index (χ1v) is 0. The van der Waals surface area contributed by atoms with Crippen LogP contribution in [0, 0.1) is 0 Å². The van der Waals surface area contributed by atoms with Crippen molar-refractivity contribution in [3.63, 3.8) is 0 Å². The molecular formula is H12Cl6MoO6-6. The number of rotatable bonds is 0. The molecule has 12 N–H and O–H groups in total. The first-order chi connectivity index (χ1) is 0. The van der Waals surface area contributed by atoms with Gasteiger partial charge in [0.25, 0.3) is 0 Å². The van der Waals surface area contributed by atoms with Crippen molar-refractivity contribution >= 4 is 0 Å². The van der Waals surface area contributed by atoms with Crippen molar-refractivity contribution in [2.75, 3.05) is 0 Å². The van der Waals surface area contributed by atoms with E-state index < -0.39 is 0 Å². The van der Waals surface area contributed by atoms with Gasteiger partial charge in [-0.3, -0.25) is 0 Å². The van der Waals surface area contributed by atoms with Gasteiger partial charge in [-0.1, -0.05) is 0 Å².